The number of nitrogens with one attached hydrogen (secondary N) is 4. The number of carboxylic acid groups (broad SMARTS) is 2. The molecule has 1 aromatic rings. The standard InChI is InChI=1S/C25H33N5O11.2H2/c1-2-3-4-5-16-24(37)29-18(23(36)26-13-21(33)34)10-11-41-19-8-6-14(30(39)40)12-15(19)22(35)27-17(25(38)28-16)7-9-20(31)32;;/h6,8,12,16-18H,2-5,7,9-11,13H2,1H3,(H,26,36)(H,27,35)(H,28,38)(H,29,37)(H,31,32)(H,33,34);2*1H/t16-,17-,18-;;/m0../s1/i;1+1D;1+1. The summed E-state index contributed by atoms with van der Waals surface area (Å²) in [5, 5.41) is 39.0. The first-order valence-electron chi connectivity index (χ1n) is 14.0. The second kappa shape index (κ2) is 15.7. The van der Waals surface area contributed by atoms with Crippen molar-refractivity contribution in [2.45, 2.75) is 70.0 Å². The Morgan fingerprint density at radius 1 is 1.07 bits per heavy atom. The van der Waals surface area contributed by atoms with E-state index in [0.29, 0.717) is 12.8 Å². The summed E-state index contributed by atoms with van der Waals surface area (Å²) < 4.78 is 15.6. The summed E-state index contributed by atoms with van der Waals surface area (Å²) in [7, 11) is 0. The van der Waals surface area contributed by atoms with Crippen LogP contribution < -0.4 is 26.0 Å². The molecule has 1 aromatic carbocycles. The molecule has 0 radical (unpaired) electrons. The first-order valence-corrected chi connectivity index (χ1v) is 13.0. The number of hydrogen-bond donors (Lipinski definition) is 6. The van der Waals surface area contributed by atoms with Crippen molar-refractivity contribution in [3.8, 4) is 5.75 Å². The number of ether oxygens (including phenoxy) is 1. The Bertz CT molecular complexity index is 1190. The van der Waals surface area contributed by atoms with E-state index in [0.717, 1.165) is 24.6 Å². The van der Waals surface area contributed by atoms with Gasteiger partial charge in [-0.05, 0) is 18.9 Å². The van der Waals surface area contributed by atoms with Crippen LogP contribution in [0.5, 0.6) is 5.75 Å². The van der Waals surface area contributed by atoms with Gasteiger partial charge in [0.15, 0.2) is 0 Å². The van der Waals surface area contributed by atoms with Gasteiger partial charge in [-0.25, -0.2) is 0 Å². The summed E-state index contributed by atoms with van der Waals surface area (Å²) in [6.07, 6.45) is 1.10. The molecular formula is C25H37N5O11. The normalized spacial score (nSPS) is 19.9. The summed E-state index contributed by atoms with van der Waals surface area (Å²) in [4.78, 5) is 85.1. The summed E-state index contributed by atoms with van der Waals surface area (Å²) in [6.45, 7) is 0.925. The van der Waals surface area contributed by atoms with Crippen molar-refractivity contribution < 1.29 is 53.0 Å². The van der Waals surface area contributed by atoms with E-state index in [9.17, 15) is 38.9 Å². The van der Waals surface area contributed by atoms with Crippen LogP contribution in [0.1, 0.15) is 66.6 Å². The molecule has 1 heterocycles. The van der Waals surface area contributed by atoms with E-state index >= 15 is 0 Å². The van der Waals surface area contributed by atoms with Gasteiger partial charge < -0.3 is 36.2 Å². The maximum absolute atomic E-state index is 13.2. The quantitative estimate of drug-likeness (QED) is 0.119. The fourth-order valence-corrected chi connectivity index (χ4v) is 3.96. The minimum absolute atomic E-state index is 0. The third-order valence-corrected chi connectivity index (χ3v) is 6.13. The van der Waals surface area contributed by atoms with Crippen LogP contribution in [0.25, 0.3) is 0 Å². The monoisotopic (exact) mass is 586 g/mol. The number of aliphatic carboxylic acids is 2. The number of amides is 4. The number of carbonyl (C=O) groups is 6. The molecule has 16 nitrogen and oxygen atoms in total. The lowest BCUT2D eigenvalue weighted by atomic mass is 10.0. The van der Waals surface area contributed by atoms with Crippen molar-refractivity contribution in [1.29, 1.82) is 0 Å². The van der Waals surface area contributed by atoms with Crippen LogP contribution in [-0.4, -0.2) is 82.0 Å². The van der Waals surface area contributed by atoms with E-state index in [1.165, 1.54) is 0 Å². The van der Waals surface area contributed by atoms with Gasteiger partial charge in [0.05, 0.1) is 17.1 Å². The number of benzene rings is 1. The van der Waals surface area contributed by atoms with E-state index in [1.54, 1.807) is 0 Å². The molecule has 0 saturated carbocycles. The van der Waals surface area contributed by atoms with Crippen molar-refractivity contribution in [3.05, 3.63) is 33.9 Å². The predicted molar refractivity (Wildman–Crippen MR) is 144 cm³/mol. The van der Waals surface area contributed by atoms with Crippen molar-refractivity contribution in [3.63, 3.8) is 0 Å². The van der Waals surface area contributed by atoms with E-state index < -0.39 is 77.3 Å². The number of rotatable bonds is 11. The van der Waals surface area contributed by atoms with Crippen LogP contribution in [-0.2, 0) is 24.0 Å². The van der Waals surface area contributed by atoms with Gasteiger partial charge in [-0.15, -0.1) is 0 Å². The largest absolute Gasteiger partial charge is 0.493 e. The molecule has 1 aliphatic rings. The molecular weight excluding hydrogens is 546 g/mol. The van der Waals surface area contributed by atoms with E-state index in [-0.39, 0.29) is 38.6 Å². The summed E-state index contributed by atoms with van der Waals surface area (Å²) >= 11 is 0. The molecule has 1 aliphatic heterocycles. The van der Waals surface area contributed by atoms with E-state index in [2.05, 4.69) is 21.3 Å². The Balaban J connectivity index is 0.00000603. The SMILES string of the molecule is CCCCC[C@@H]1NC(=O)[C@H](CCC(=O)O)NC(=O)c2cc([N+](=O)[O-])ccc2OCC[C@@H](C(=O)NCC(=O)O)NC1=O.[2HH].[2H][2H]. The molecule has 2 rings (SSSR count). The van der Waals surface area contributed by atoms with E-state index in [4.69, 9.17) is 17.9 Å². The van der Waals surface area contributed by atoms with Crippen LogP contribution in [0.3, 0.4) is 0 Å². The average molecular weight is 587 g/mol. The molecule has 0 unspecified atom stereocenters. The average Bonchev–Trinajstić information content (AvgIpc) is 2.97. The number of fused-ring (bicyclic) bond motifs is 1. The van der Waals surface area contributed by atoms with Crippen molar-refractivity contribution in [2.75, 3.05) is 13.2 Å². The van der Waals surface area contributed by atoms with Crippen LogP contribution in [0.2, 0.25) is 0 Å². The maximum atomic E-state index is 13.2. The number of carbonyl (C=O) groups excluding carboxylic acids is 4. The molecule has 16 heteroatoms. The number of nitro benzene ring substituents is 1. The molecule has 41 heavy (non-hydrogen) atoms. The number of unbranched alkanes of at least 4 members (excludes halogenated alkanes) is 2. The number of carboxylic acids is 2. The van der Waals surface area contributed by atoms with Gasteiger partial charge in [0.25, 0.3) is 11.6 Å². The highest BCUT2D eigenvalue weighted by Crippen LogP contribution is 2.25. The molecule has 0 spiro atoms. The number of nitro groups is 1. The third kappa shape index (κ3) is 10.4. The molecule has 0 aromatic heterocycles. The van der Waals surface area contributed by atoms with Gasteiger partial charge in [-0.2, -0.15) is 0 Å². The lowest BCUT2D eigenvalue weighted by molar-refractivity contribution is -0.384. The summed E-state index contributed by atoms with van der Waals surface area (Å²) in [5.74, 6) is -6.14. The first kappa shape index (κ1) is 30.8. The van der Waals surface area contributed by atoms with Gasteiger partial charge in [0, 0.05) is 29.4 Å². The van der Waals surface area contributed by atoms with Crippen LogP contribution in [0, 0.1) is 10.1 Å². The topological polar surface area (TPSA) is 243 Å². The van der Waals surface area contributed by atoms with Crippen molar-refractivity contribution in [2.24, 2.45) is 0 Å². The van der Waals surface area contributed by atoms with Crippen LogP contribution in [0.15, 0.2) is 18.2 Å². The second-order valence-electron chi connectivity index (χ2n) is 9.26. The number of hydrogen-bond acceptors (Lipinski definition) is 9. The highest BCUT2D eigenvalue weighted by Gasteiger charge is 2.31. The lowest BCUT2D eigenvalue weighted by Crippen LogP contribution is -2.57. The smallest absolute Gasteiger partial charge is 0.322 e. The third-order valence-electron chi connectivity index (χ3n) is 6.13. The van der Waals surface area contributed by atoms with Gasteiger partial charge in [-0.1, -0.05) is 26.2 Å². The number of nitrogens with zero attached hydrogens (tertiary/aromatic N) is 1. The minimum atomic E-state index is -1.44. The summed E-state index contributed by atoms with van der Waals surface area (Å²) in [6, 6.07) is -0.769. The van der Waals surface area contributed by atoms with Gasteiger partial charge in [0.2, 0.25) is 17.7 Å². The van der Waals surface area contributed by atoms with Gasteiger partial charge >= 0.3 is 11.9 Å². The Morgan fingerprint density at radius 2 is 1.76 bits per heavy atom. The Labute approximate surface area is 238 Å². The van der Waals surface area contributed by atoms with Gasteiger partial charge in [0.1, 0.15) is 30.4 Å². The molecule has 0 bridgehead atoms. The highest BCUT2D eigenvalue weighted by atomic mass is 16.6. The zero-order valence-corrected chi connectivity index (χ0v) is 22.3. The van der Waals surface area contributed by atoms with Crippen LogP contribution in [0.4, 0.5) is 5.69 Å². The zero-order valence-electron chi connectivity index (χ0n) is 24.3. The lowest BCUT2D eigenvalue weighted by Gasteiger charge is -2.26. The molecule has 0 aliphatic carbocycles. The van der Waals surface area contributed by atoms with Crippen molar-refractivity contribution >= 4 is 41.3 Å². The molecule has 6 N–H and O–H groups in total. The highest BCUT2D eigenvalue weighted by molar-refractivity contribution is 6.01. The molecule has 0 saturated heterocycles. The fourth-order valence-electron chi connectivity index (χ4n) is 3.96. The predicted octanol–water partition coefficient (Wildman–Crippen LogP) is 0.583. The minimum Gasteiger partial charge on any atom is -0.493 e. The maximum Gasteiger partial charge on any atom is 0.322 e. The summed E-state index contributed by atoms with van der Waals surface area (Å²) in [5.41, 5.74) is -0.774. The zero-order chi connectivity index (χ0) is 32.5. The second-order valence-corrected chi connectivity index (χ2v) is 9.26. The molecule has 228 valence electrons. The van der Waals surface area contributed by atoms with Gasteiger partial charge in [-0.3, -0.25) is 38.9 Å². The Hall–Kier alpha value is -4.76. The molecule has 3 atom stereocenters. The molecule has 0 fully saturated rings. The van der Waals surface area contributed by atoms with Crippen LogP contribution >= 0.6 is 0 Å². The van der Waals surface area contributed by atoms with E-state index in [1.807, 2.05) is 6.92 Å². The Kier molecular flexibility index (Phi) is 11.8. The first-order chi connectivity index (χ1) is 20.4. The Morgan fingerprint density at radius 3 is 2.39 bits per heavy atom. The number of non-ortho nitro benzene ring substituents is 1. The van der Waals surface area contributed by atoms with Crippen molar-refractivity contribution in [1.82, 2.24) is 21.3 Å². The molecule has 4 amide bonds. The fraction of sp³-hybridized carbons (Fsp3) is 0.520.